The number of morpholine rings is 1. The summed E-state index contributed by atoms with van der Waals surface area (Å²) in [6.45, 7) is 15.6. The molecule has 8 heterocycles. The van der Waals surface area contributed by atoms with Crippen LogP contribution in [-0.2, 0) is 35.6 Å². The number of nitrogens with zero attached hydrogens (tertiary/aromatic N) is 4. The molecule has 6 aromatic carbocycles. The van der Waals surface area contributed by atoms with Gasteiger partial charge in [0.05, 0.1) is 40.1 Å². The summed E-state index contributed by atoms with van der Waals surface area (Å²) >= 11 is 7.05. The molecule has 1 amide bonds. The van der Waals surface area contributed by atoms with E-state index in [-0.39, 0.29) is 42.0 Å². The number of pyridine rings is 2. The number of rotatable bonds is 7. The third kappa shape index (κ3) is 14.2. The summed E-state index contributed by atoms with van der Waals surface area (Å²) in [5, 5.41) is 20.1. The van der Waals surface area contributed by atoms with E-state index < -0.39 is 35.6 Å². The fourth-order valence-electron chi connectivity index (χ4n) is 11.3. The van der Waals surface area contributed by atoms with Crippen molar-refractivity contribution >= 4 is 62.0 Å². The molecule has 6 aliphatic rings. The Kier molecular flexibility index (Phi) is 19.1. The molecule has 2 aromatic heterocycles. The highest BCUT2D eigenvalue weighted by Gasteiger charge is 2.49. The molecule has 1 saturated heterocycles. The molecule has 14 rings (SSSR count). The molecular formula is C69H68BBr2F2N7O12. The van der Waals surface area contributed by atoms with E-state index in [1.807, 2.05) is 109 Å². The van der Waals surface area contributed by atoms with Crippen LogP contribution < -0.4 is 50.7 Å². The number of carbonyl (C=O) groups excluding carboxylic acids is 1. The van der Waals surface area contributed by atoms with Gasteiger partial charge < -0.3 is 69.5 Å². The topological polar surface area (TPSA) is 255 Å². The van der Waals surface area contributed by atoms with Crippen molar-refractivity contribution in [3.8, 4) is 62.9 Å². The molecular weight excluding hydrogens is 1330 g/mol. The highest BCUT2D eigenvalue weighted by atomic mass is 79.9. The van der Waals surface area contributed by atoms with E-state index in [9.17, 15) is 13.6 Å². The maximum absolute atomic E-state index is 14.4. The minimum atomic E-state index is -1.78. The third-order valence-corrected chi connectivity index (χ3v) is 16.5. The van der Waals surface area contributed by atoms with Crippen LogP contribution in [0.3, 0.4) is 0 Å². The van der Waals surface area contributed by atoms with Gasteiger partial charge in [-0.3, -0.25) is 14.8 Å². The number of aliphatic imine (C=N–C) groups is 2. The van der Waals surface area contributed by atoms with Crippen LogP contribution in [0.1, 0.15) is 74.9 Å². The van der Waals surface area contributed by atoms with Gasteiger partial charge in [-0.05, 0) is 138 Å². The van der Waals surface area contributed by atoms with Gasteiger partial charge in [0.15, 0.2) is 0 Å². The predicted octanol–water partition coefficient (Wildman–Crippen LogP) is 11.5. The van der Waals surface area contributed by atoms with E-state index in [1.165, 1.54) is 24.5 Å². The standard InChI is InChI=1S/C26H26FN3O3.C21H23BrN2O3.C17H14BrNO4.C5H5BFNO2/c1-25(2,3)14-32-17-7-9-22-20(12-17)26(15-31-13-23(28)30-26)19-11-16(6-8-21(19)33-22)18-5-4-10-29-24(18)27;1-20(2,3)11-26-14-5-7-18-16(9-14)21(12-25-10-19(23)24-21)15-8-13(22)4-6-17(15)27-18;1-21-11-3-5-15-13(7-11)17(9-22-8-16(20)19-17)12-6-10(18)2-4-14(12)23-15;7-5-4(6(9)10)2-1-3-8-5/h4-12H,13-15H2,1-3H3,(H2,28,30);4-9H,10-12H2,1-3H3,(H2,23,24);2-7H,8-9H2,1H3,(H,19,20);1-3,9-10H/t26-;21-;17-;/m000./s1. The Hall–Kier alpha value is -8.49. The number of ether oxygens (including phenoxy) is 9. The second-order valence-electron chi connectivity index (χ2n) is 25.1. The van der Waals surface area contributed by atoms with Gasteiger partial charge in [-0.15, -0.1) is 0 Å². The monoisotopic (exact) mass is 1390 g/mol. The van der Waals surface area contributed by atoms with Crippen LogP contribution in [0.4, 0.5) is 8.78 Å². The van der Waals surface area contributed by atoms with Crippen molar-refractivity contribution in [2.75, 3.05) is 60.0 Å². The van der Waals surface area contributed by atoms with Crippen LogP contribution in [0.5, 0.6) is 51.7 Å². The van der Waals surface area contributed by atoms with Crippen LogP contribution >= 0.6 is 31.9 Å². The summed E-state index contributed by atoms with van der Waals surface area (Å²) in [6.07, 6.45) is 2.67. The van der Waals surface area contributed by atoms with Crippen molar-refractivity contribution in [2.45, 2.75) is 58.2 Å². The summed E-state index contributed by atoms with van der Waals surface area (Å²) < 4.78 is 81.8. The fourth-order valence-corrected chi connectivity index (χ4v) is 12.0. The van der Waals surface area contributed by atoms with E-state index in [1.54, 1.807) is 19.2 Å². The van der Waals surface area contributed by atoms with Crippen LogP contribution in [0.2, 0.25) is 0 Å². The van der Waals surface area contributed by atoms with Crippen molar-refractivity contribution in [3.05, 3.63) is 200 Å². The Morgan fingerprint density at radius 1 is 0.559 bits per heavy atom. The van der Waals surface area contributed by atoms with Crippen molar-refractivity contribution in [1.82, 2.24) is 15.3 Å². The summed E-state index contributed by atoms with van der Waals surface area (Å²) in [7, 11) is -0.174. The molecule has 0 radical (unpaired) electrons. The molecule has 0 saturated carbocycles. The summed E-state index contributed by atoms with van der Waals surface area (Å²) in [5.74, 6) is 5.70. The smallest absolute Gasteiger partial charge is 0.493 e. The van der Waals surface area contributed by atoms with Crippen molar-refractivity contribution in [2.24, 2.45) is 32.3 Å². The first-order valence-corrected chi connectivity index (χ1v) is 31.3. The molecule has 482 valence electrons. The number of carbonyl (C=O) groups is 1. The summed E-state index contributed by atoms with van der Waals surface area (Å²) in [4.78, 5) is 28.8. The van der Waals surface area contributed by atoms with Crippen molar-refractivity contribution in [3.63, 3.8) is 0 Å². The number of aromatic nitrogens is 2. The lowest BCUT2D eigenvalue weighted by molar-refractivity contribution is -0.134. The third-order valence-electron chi connectivity index (χ3n) is 15.5. The SMILES string of the molecule is CC(C)(C)COc1ccc2c(c1)[C@]1(COCC(N)=N1)c1cc(-c3cccnc3F)ccc1O2.CC(C)(C)COc1ccc2c(c1)[C@]1(COCC(N)=N1)c1cc(Br)ccc1O2.COc1ccc2c(c1)[C@]1(COCC(=O)N1)c1cc(Br)ccc1O2.OB(O)c1cccnc1F. The van der Waals surface area contributed by atoms with Gasteiger partial charge in [0.25, 0.3) is 0 Å². The minimum absolute atomic E-state index is 0.00984. The Bertz CT molecular complexity index is 4210. The van der Waals surface area contributed by atoms with Gasteiger partial charge >= 0.3 is 7.12 Å². The van der Waals surface area contributed by atoms with Gasteiger partial charge in [-0.1, -0.05) is 85.5 Å². The summed E-state index contributed by atoms with van der Waals surface area (Å²) in [6, 6.07) is 40.4. The van der Waals surface area contributed by atoms with Gasteiger partial charge in [-0.25, -0.2) is 9.97 Å². The zero-order chi connectivity index (χ0) is 66.0. The predicted molar refractivity (Wildman–Crippen MR) is 354 cm³/mol. The number of methoxy groups -OCH3 is 1. The highest BCUT2D eigenvalue weighted by molar-refractivity contribution is 9.10. The molecule has 3 spiro atoms. The molecule has 1 fully saturated rings. The van der Waals surface area contributed by atoms with E-state index in [2.05, 4.69) is 88.7 Å². The molecule has 0 bridgehead atoms. The largest absolute Gasteiger partial charge is 0.497 e. The zero-order valence-corrected chi connectivity index (χ0v) is 55.2. The molecule has 24 heteroatoms. The van der Waals surface area contributed by atoms with E-state index >= 15 is 0 Å². The van der Waals surface area contributed by atoms with Crippen molar-refractivity contribution in [1.29, 1.82) is 0 Å². The van der Waals surface area contributed by atoms with Crippen LogP contribution in [0.25, 0.3) is 11.1 Å². The normalized spacial score (nSPS) is 19.4. The summed E-state index contributed by atoms with van der Waals surface area (Å²) in [5.41, 5.74) is 15.8. The number of halogens is 4. The Morgan fingerprint density at radius 3 is 1.46 bits per heavy atom. The number of fused-ring (bicyclic) bond motifs is 12. The van der Waals surface area contributed by atoms with E-state index in [0.29, 0.717) is 90.3 Å². The maximum atomic E-state index is 14.4. The molecule has 3 atom stereocenters. The lowest BCUT2D eigenvalue weighted by Crippen LogP contribution is -2.56. The first kappa shape index (κ1) is 66.0. The lowest BCUT2D eigenvalue weighted by atomic mass is 9.79. The van der Waals surface area contributed by atoms with Crippen molar-refractivity contribution < 1.29 is 66.3 Å². The van der Waals surface area contributed by atoms with Gasteiger partial charge in [0.2, 0.25) is 17.8 Å². The number of benzene rings is 6. The van der Waals surface area contributed by atoms with Gasteiger partial charge in [0, 0.05) is 65.7 Å². The van der Waals surface area contributed by atoms with Crippen LogP contribution in [0, 0.1) is 22.7 Å². The second-order valence-corrected chi connectivity index (χ2v) is 27.0. The number of amidine groups is 2. The quantitative estimate of drug-likeness (QED) is 0.0734. The number of nitrogens with two attached hydrogens (primary N) is 2. The molecule has 0 aliphatic carbocycles. The number of hydrogen-bond donors (Lipinski definition) is 5. The average Bonchev–Trinajstić information content (AvgIpc) is 0.747. The first-order chi connectivity index (χ1) is 44.4. The Morgan fingerprint density at radius 2 is 0.989 bits per heavy atom. The average molecular weight is 1400 g/mol. The van der Waals surface area contributed by atoms with E-state index in [0.717, 1.165) is 59.6 Å². The van der Waals surface area contributed by atoms with Crippen LogP contribution in [-0.4, -0.2) is 105 Å². The molecule has 19 nitrogen and oxygen atoms in total. The number of hydrogen-bond acceptors (Lipinski definition) is 18. The minimum Gasteiger partial charge on any atom is -0.497 e. The second kappa shape index (κ2) is 26.9. The highest BCUT2D eigenvalue weighted by Crippen LogP contribution is 2.54. The van der Waals surface area contributed by atoms with Gasteiger partial charge in [0.1, 0.15) is 99.9 Å². The Labute approximate surface area is 553 Å². The molecule has 0 unspecified atom stereocenters. The van der Waals surface area contributed by atoms with E-state index in [4.69, 9.17) is 74.1 Å². The Balaban J connectivity index is 0.000000134. The maximum Gasteiger partial charge on any atom is 0.493 e. The molecule has 6 aliphatic heterocycles. The first-order valence-electron chi connectivity index (χ1n) is 29.7. The molecule has 7 N–H and O–H groups in total. The molecule has 93 heavy (non-hydrogen) atoms. The number of amides is 1. The number of nitrogens with one attached hydrogen (secondary N) is 1. The molecule has 8 aromatic rings. The van der Waals surface area contributed by atoms with Gasteiger partial charge in [-0.2, -0.15) is 8.78 Å². The van der Waals surface area contributed by atoms with Crippen LogP contribution in [0.15, 0.2) is 165 Å². The zero-order valence-electron chi connectivity index (χ0n) is 52.0. The lowest BCUT2D eigenvalue weighted by Gasteiger charge is -2.42. The fraction of sp³-hybridized carbons (Fsp3) is 0.290.